The van der Waals surface area contributed by atoms with Gasteiger partial charge in [0.2, 0.25) is 11.7 Å². The van der Waals surface area contributed by atoms with Crippen LogP contribution in [0.15, 0.2) is 24.3 Å². The summed E-state index contributed by atoms with van der Waals surface area (Å²) in [6.45, 7) is 0.0969. The Bertz CT molecular complexity index is 632. The number of hydrogen-bond donors (Lipinski definition) is 1. The number of carbonyl (C=O) groups excluding carboxylic acids is 1. The highest BCUT2D eigenvalue weighted by atomic mass is 16.5. The quantitative estimate of drug-likeness (QED) is 0.903. The molecule has 1 fully saturated rings. The van der Waals surface area contributed by atoms with E-state index in [1.54, 1.807) is 7.11 Å². The van der Waals surface area contributed by atoms with Crippen LogP contribution in [0.5, 0.6) is 5.75 Å². The molecule has 0 unspecified atom stereocenters. The van der Waals surface area contributed by atoms with Crippen LogP contribution in [0.3, 0.4) is 0 Å². The van der Waals surface area contributed by atoms with E-state index in [0.717, 1.165) is 24.2 Å². The summed E-state index contributed by atoms with van der Waals surface area (Å²) >= 11 is 0. The van der Waals surface area contributed by atoms with E-state index in [9.17, 15) is 4.79 Å². The molecule has 1 amide bonds. The van der Waals surface area contributed by atoms with Crippen molar-refractivity contribution in [3.05, 3.63) is 24.3 Å². The van der Waals surface area contributed by atoms with Crippen molar-refractivity contribution in [1.29, 1.82) is 0 Å². The van der Waals surface area contributed by atoms with E-state index in [1.165, 1.54) is 17.6 Å². The molecule has 1 heterocycles. The molecule has 0 atom stereocenters. The van der Waals surface area contributed by atoms with Crippen molar-refractivity contribution in [1.82, 2.24) is 25.5 Å². The van der Waals surface area contributed by atoms with E-state index in [4.69, 9.17) is 4.74 Å². The van der Waals surface area contributed by atoms with Gasteiger partial charge in [-0.1, -0.05) is 12.8 Å². The Hall–Kier alpha value is -2.44. The Balaban J connectivity index is 1.61. The van der Waals surface area contributed by atoms with Crippen LogP contribution in [0.2, 0.25) is 0 Å². The van der Waals surface area contributed by atoms with Crippen molar-refractivity contribution >= 4 is 5.91 Å². The summed E-state index contributed by atoms with van der Waals surface area (Å²) in [5.41, 5.74) is 0.836. The van der Waals surface area contributed by atoms with Crippen molar-refractivity contribution < 1.29 is 9.53 Å². The highest BCUT2D eigenvalue weighted by Crippen LogP contribution is 2.19. The predicted octanol–water partition coefficient (Wildman–Crippen LogP) is 1.41. The third-order valence-corrected chi connectivity index (χ3v) is 3.81. The van der Waals surface area contributed by atoms with Gasteiger partial charge in [-0.2, -0.15) is 4.80 Å². The molecule has 3 rings (SSSR count). The lowest BCUT2D eigenvalue weighted by Crippen LogP contribution is -2.35. The molecule has 2 aromatic rings. The van der Waals surface area contributed by atoms with Crippen molar-refractivity contribution in [2.45, 2.75) is 38.3 Å². The Labute approximate surface area is 128 Å². The molecular weight excluding hydrogens is 282 g/mol. The lowest BCUT2D eigenvalue weighted by molar-refractivity contribution is -0.122. The van der Waals surface area contributed by atoms with Gasteiger partial charge in [-0.25, -0.2) is 0 Å². The number of amides is 1. The Morgan fingerprint density at radius 3 is 2.73 bits per heavy atom. The standard InChI is InChI=1S/C15H19N5O2/c1-22-13-8-6-11(7-9-13)15-17-19-20(18-15)10-14(21)16-12-4-2-3-5-12/h6-9,12H,2-5,10H2,1H3,(H,16,21). The molecule has 22 heavy (non-hydrogen) atoms. The van der Waals surface area contributed by atoms with Gasteiger partial charge in [0.15, 0.2) is 0 Å². The van der Waals surface area contributed by atoms with Crippen LogP contribution in [-0.2, 0) is 11.3 Å². The van der Waals surface area contributed by atoms with Gasteiger partial charge < -0.3 is 10.1 Å². The number of hydrogen-bond acceptors (Lipinski definition) is 5. The maximum atomic E-state index is 11.9. The first-order valence-corrected chi connectivity index (χ1v) is 7.46. The van der Waals surface area contributed by atoms with Gasteiger partial charge in [0, 0.05) is 11.6 Å². The van der Waals surface area contributed by atoms with E-state index in [-0.39, 0.29) is 12.5 Å². The zero-order chi connectivity index (χ0) is 15.4. The molecule has 1 aromatic carbocycles. The molecule has 0 bridgehead atoms. The minimum Gasteiger partial charge on any atom is -0.497 e. The van der Waals surface area contributed by atoms with Crippen molar-refractivity contribution in [2.24, 2.45) is 0 Å². The van der Waals surface area contributed by atoms with E-state index >= 15 is 0 Å². The summed E-state index contributed by atoms with van der Waals surface area (Å²) in [7, 11) is 1.62. The molecule has 0 saturated heterocycles. The largest absolute Gasteiger partial charge is 0.497 e. The first kappa shape index (κ1) is 14.5. The summed E-state index contributed by atoms with van der Waals surface area (Å²) in [6.07, 6.45) is 4.50. The summed E-state index contributed by atoms with van der Waals surface area (Å²) in [5, 5.41) is 15.2. The summed E-state index contributed by atoms with van der Waals surface area (Å²) in [5.74, 6) is 1.20. The normalized spacial score (nSPS) is 15.0. The lowest BCUT2D eigenvalue weighted by atomic mass is 10.2. The maximum Gasteiger partial charge on any atom is 0.243 e. The van der Waals surface area contributed by atoms with Crippen LogP contribution < -0.4 is 10.1 Å². The number of ether oxygens (including phenoxy) is 1. The number of nitrogens with zero attached hydrogens (tertiary/aromatic N) is 4. The van der Waals surface area contributed by atoms with Gasteiger partial charge in [0.25, 0.3) is 0 Å². The number of methoxy groups -OCH3 is 1. The molecule has 1 aliphatic carbocycles. The van der Waals surface area contributed by atoms with Gasteiger partial charge in [-0.05, 0) is 42.3 Å². The average molecular weight is 301 g/mol. The number of nitrogens with one attached hydrogen (secondary N) is 1. The maximum absolute atomic E-state index is 11.9. The highest BCUT2D eigenvalue weighted by Gasteiger charge is 2.18. The molecule has 1 aliphatic rings. The van der Waals surface area contributed by atoms with Gasteiger partial charge in [0.05, 0.1) is 7.11 Å². The van der Waals surface area contributed by atoms with Crippen molar-refractivity contribution in [2.75, 3.05) is 7.11 Å². The fourth-order valence-corrected chi connectivity index (χ4v) is 2.64. The van der Waals surface area contributed by atoms with Crippen molar-refractivity contribution in [3.8, 4) is 17.1 Å². The minimum absolute atomic E-state index is 0.0643. The number of rotatable bonds is 5. The van der Waals surface area contributed by atoms with Gasteiger partial charge in [-0.3, -0.25) is 4.79 Å². The van der Waals surface area contributed by atoms with E-state index in [1.807, 2.05) is 24.3 Å². The molecule has 0 spiro atoms. The number of aromatic nitrogens is 4. The van der Waals surface area contributed by atoms with Crippen LogP contribution in [0.4, 0.5) is 0 Å². The first-order valence-electron chi connectivity index (χ1n) is 7.46. The molecule has 1 N–H and O–H groups in total. The fourth-order valence-electron chi connectivity index (χ4n) is 2.64. The monoisotopic (exact) mass is 301 g/mol. The SMILES string of the molecule is COc1ccc(-c2nnn(CC(=O)NC3CCCC3)n2)cc1. The first-order chi connectivity index (χ1) is 10.7. The highest BCUT2D eigenvalue weighted by molar-refractivity contribution is 5.75. The molecule has 0 aliphatic heterocycles. The summed E-state index contributed by atoms with van der Waals surface area (Å²) in [4.78, 5) is 13.3. The molecule has 1 aromatic heterocycles. The minimum atomic E-state index is -0.0643. The van der Waals surface area contributed by atoms with Gasteiger partial charge in [-0.15, -0.1) is 10.2 Å². The lowest BCUT2D eigenvalue weighted by Gasteiger charge is -2.10. The topological polar surface area (TPSA) is 81.9 Å². The van der Waals surface area contributed by atoms with E-state index in [2.05, 4.69) is 20.7 Å². The van der Waals surface area contributed by atoms with E-state index < -0.39 is 0 Å². The molecule has 7 heteroatoms. The number of carbonyl (C=O) groups is 1. The van der Waals surface area contributed by atoms with Crippen LogP contribution in [0.25, 0.3) is 11.4 Å². The smallest absolute Gasteiger partial charge is 0.243 e. The number of benzene rings is 1. The second-order valence-electron chi connectivity index (χ2n) is 5.42. The Kier molecular flexibility index (Phi) is 4.32. The van der Waals surface area contributed by atoms with Crippen LogP contribution in [-0.4, -0.2) is 39.3 Å². The molecule has 116 valence electrons. The summed E-state index contributed by atoms with van der Waals surface area (Å²) < 4.78 is 5.11. The third-order valence-electron chi connectivity index (χ3n) is 3.81. The molecule has 1 saturated carbocycles. The molecular formula is C15H19N5O2. The van der Waals surface area contributed by atoms with Crippen molar-refractivity contribution in [3.63, 3.8) is 0 Å². The van der Waals surface area contributed by atoms with E-state index in [0.29, 0.717) is 11.9 Å². The third kappa shape index (κ3) is 3.41. The van der Waals surface area contributed by atoms with Crippen LogP contribution in [0, 0.1) is 0 Å². The Morgan fingerprint density at radius 1 is 1.32 bits per heavy atom. The molecule has 0 radical (unpaired) electrons. The van der Waals surface area contributed by atoms with Gasteiger partial charge in [0.1, 0.15) is 12.3 Å². The zero-order valence-electron chi connectivity index (χ0n) is 12.5. The van der Waals surface area contributed by atoms with Crippen LogP contribution >= 0.6 is 0 Å². The van der Waals surface area contributed by atoms with Crippen LogP contribution in [0.1, 0.15) is 25.7 Å². The predicted molar refractivity (Wildman–Crippen MR) is 80.2 cm³/mol. The number of tetrazole rings is 1. The molecule has 7 nitrogen and oxygen atoms in total. The summed E-state index contributed by atoms with van der Waals surface area (Å²) in [6, 6.07) is 7.69. The Morgan fingerprint density at radius 2 is 2.05 bits per heavy atom. The fraction of sp³-hybridized carbons (Fsp3) is 0.467. The zero-order valence-corrected chi connectivity index (χ0v) is 12.5. The van der Waals surface area contributed by atoms with Gasteiger partial charge >= 0.3 is 0 Å². The second kappa shape index (κ2) is 6.55. The second-order valence-corrected chi connectivity index (χ2v) is 5.42. The average Bonchev–Trinajstić information content (AvgIpc) is 3.19.